The molecule has 0 aromatic heterocycles. The summed E-state index contributed by atoms with van der Waals surface area (Å²) in [5, 5.41) is 8.40. The topological polar surface area (TPSA) is 63.6 Å². The first kappa shape index (κ1) is 18.1. The zero-order chi connectivity index (χ0) is 14.3. The average Bonchev–Trinajstić information content (AvgIpc) is 2.40. The second kappa shape index (κ2) is 13.5. The van der Waals surface area contributed by atoms with Crippen molar-refractivity contribution in [1.29, 1.82) is 0 Å². The summed E-state index contributed by atoms with van der Waals surface area (Å²) in [6.45, 7) is 1.49. The van der Waals surface area contributed by atoms with Crippen LogP contribution in [0.5, 0.6) is 0 Å². The van der Waals surface area contributed by atoms with Gasteiger partial charge in [-0.15, -0.1) is 0 Å². The first-order valence-corrected chi connectivity index (χ1v) is 7.55. The quantitative estimate of drug-likeness (QED) is 0.336. The maximum Gasteiger partial charge on any atom is 0.339 e. The summed E-state index contributed by atoms with van der Waals surface area (Å²) in [6, 6.07) is 0. The fourth-order valence-electron chi connectivity index (χ4n) is 1.97. The van der Waals surface area contributed by atoms with Crippen LogP contribution in [0, 0.1) is 0 Å². The van der Waals surface area contributed by atoms with Crippen LogP contribution in [-0.2, 0) is 14.3 Å². The molecule has 0 saturated heterocycles. The third-order valence-corrected chi connectivity index (χ3v) is 3.09. The maximum atomic E-state index is 11.1. The van der Waals surface area contributed by atoms with Gasteiger partial charge in [0.15, 0.2) is 0 Å². The number of aliphatic hydroxyl groups excluding tert-OH is 1. The van der Waals surface area contributed by atoms with Gasteiger partial charge in [0.05, 0.1) is 0 Å². The molecule has 19 heavy (non-hydrogen) atoms. The molecular formula is C15H28O4. The van der Waals surface area contributed by atoms with Crippen molar-refractivity contribution in [2.45, 2.75) is 77.6 Å². The van der Waals surface area contributed by atoms with Crippen LogP contribution in [0.3, 0.4) is 0 Å². The van der Waals surface area contributed by atoms with Crippen LogP contribution in [0.25, 0.3) is 0 Å². The van der Waals surface area contributed by atoms with Crippen LogP contribution in [-0.4, -0.2) is 23.7 Å². The van der Waals surface area contributed by atoms with E-state index in [4.69, 9.17) is 5.11 Å². The molecule has 0 aliphatic carbocycles. The Morgan fingerprint density at radius 2 is 1.26 bits per heavy atom. The van der Waals surface area contributed by atoms with E-state index in [9.17, 15) is 9.59 Å². The highest BCUT2D eigenvalue weighted by Gasteiger charge is 2.08. The molecule has 0 fully saturated rings. The lowest BCUT2D eigenvalue weighted by Crippen LogP contribution is -2.14. The molecule has 0 heterocycles. The average molecular weight is 272 g/mol. The predicted molar refractivity (Wildman–Crippen MR) is 74.6 cm³/mol. The lowest BCUT2D eigenvalue weighted by Gasteiger charge is -2.02. The Kier molecular flexibility index (Phi) is 12.9. The Hall–Kier alpha value is -0.900. The van der Waals surface area contributed by atoms with Crippen molar-refractivity contribution in [2.75, 3.05) is 6.61 Å². The van der Waals surface area contributed by atoms with Gasteiger partial charge in [-0.05, 0) is 6.42 Å². The fourth-order valence-corrected chi connectivity index (χ4v) is 1.97. The van der Waals surface area contributed by atoms with Crippen molar-refractivity contribution < 1.29 is 19.4 Å². The van der Waals surface area contributed by atoms with E-state index in [0.717, 1.165) is 19.3 Å². The summed E-state index contributed by atoms with van der Waals surface area (Å²) < 4.78 is 4.35. The van der Waals surface area contributed by atoms with E-state index < -0.39 is 18.5 Å². The van der Waals surface area contributed by atoms with Crippen molar-refractivity contribution in [2.24, 2.45) is 0 Å². The van der Waals surface area contributed by atoms with E-state index >= 15 is 0 Å². The second-order valence-corrected chi connectivity index (χ2v) is 4.94. The van der Waals surface area contributed by atoms with Crippen molar-refractivity contribution in [3.8, 4) is 0 Å². The monoisotopic (exact) mass is 272 g/mol. The molecule has 1 N–H and O–H groups in total. The molecule has 0 radical (unpaired) electrons. The molecule has 0 aliphatic rings. The standard InChI is InChI=1S/C15H28O4/c1-2-3-4-5-6-7-8-9-10-11-12-14(17)19-15(18)13-16/h16H,2-13H2,1H3. The second-order valence-electron chi connectivity index (χ2n) is 4.94. The van der Waals surface area contributed by atoms with E-state index in [1.165, 1.54) is 44.9 Å². The Morgan fingerprint density at radius 3 is 1.74 bits per heavy atom. The normalized spacial score (nSPS) is 10.4. The lowest BCUT2D eigenvalue weighted by molar-refractivity contribution is -0.161. The van der Waals surface area contributed by atoms with Gasteiger partial charge in [0.2, 0.25) is 0 Å². The largest absolute Gasteiger partial charge is 0.391 e. The highest BCUT2D eigenvalue weighted by Crippen LogP contribution is 2.11. The van der Waals surface area contributed by atoms with Gasteiger partial charge in [-0.3, -0.25) is 4.79 Å². The smallest absolute Gasteiger partial charge is 0.339 e. The van der Waals surface area contributed by atoms with Crippen molar-refractivity contribution in [3.63, 3.8) is 0 Å². The molecule has 0 spiro atoms. The SMILES string of the molecule is CCCCCCCCCCCCC(=O)OC(=O)CO. The van der Waals surface area contributed by atoms with Crippen LogP contribution in [0.4, 0.5) is 0 Å². The van der Waals surface area contributed by atoms with E-state index in [0.29, 0.717) is 0 Å². The number of carbonyl (C=O) groups is 2. The van der Waals surface area contributed by atoms with Gasteiger partial charge in [-0.2, -0.15) is 0 Å². The first-order valence-electron chi connectivity index (χ1n) is 7.55. The van der Waals surface area contributed by atoms with E-state index in [1.807, 2.05) is 0 Å². The van der Waals surface area contributed by atoms with Gasteiger partial charge < -0.3 is 9.84 Å². The molecule has 0 saturated carbocycles. The van der Waals surface area contributed by atoms with Crippen molar-refractivity contribution in [1.82, 2.24) is 0 Å². The summed E-state index contributed by atoms with van der Waals surface area (Å²) in [5.74, 6) is -1.39. The number of hydrogen-bond donors (Lipinski definition) is 1. The van der Waals surface area contributed by atoms with E-state index in [1.54, 1.807) is 0 Å². The molecule has 4 nitrogen and oxygen atoms in total. The molecule has 0 aromatic rings. The van der Waals surface area contributed by atoms with Gasteiger partial charge in [-0.1, -0.05) is 64.7 Å². The van der Waals surface area contributed by atoms with Crippen molar-refractivity contribution in [3.05, 3.63) is 0 Å². The summed E-state index contributed by atoms with van der Waals surface area (Å²) >= 11 is 0. The number of esters is 2. The van der Waals surface area contributed by atoms with Crippen LogP contribution in [0.2, 0.25) is 0 Å². The zero-order valence-electron chi connectivity index (χ0n) is 12.2. The van der Waals surface area contributed by atoms with Crippen LogP contribution in [0.1, 0.15) is 77.6 Å². The predicted octanol–water partition coefficient (Wildman–Crippen LogP) is 3.36. The maximum absolute atomic E-state index is 11.1. The molecule has 0 bridgehead atoms. The van der Waals surface area contributed by atoms with Gasteiger partial charge >= 0.3 is 11.9 Å². The summed E-state index contributed by atoms with van der Waals surface area (Å²) in [4.78, 5) is 21.7. The minimum atomic E-state index is -0.864. The molecule has 0 amide bonds. The minimum absolute atomic E-state index is 0.266. The number of ether oxygens (including phenoxy) is 1. The van der Waals surface area contributed by atoms with E-state index in [-0.39, 0.29) is 6.42 Å². The summed E-state index contributed by atoms with van der Waals surface area (Å²) in [5.41, 5.74) is 0. The van der Waals surface area contributed by atoms with Gasteiger partial charge in [0.1, 0.15) is 6.61 Å². The first-order chi connectivity index (χ1) is 9.20. The number of aliphatic hydroxyl groups is 1. The van der Waals surface area contributed by atoms with Crippen LogP contribution in [0.15, 0.2) is 0 Å². The summed E-state index contributed by atoms with van der Waals surface area (Å²) in [7, 11) is 0. The minimum Gasteiger partial charge on any atom is -0.391 e. The Balaban J connectivity index is 3.18. The molecule has 0 rings (SSSR count). The number of rotatable bonds is 12. The Bertz CT molecular complexity index is 238. The molecule has 0 atom stereocenters. The lowest BCUT2D eigenvalue weighted by atomic mass is 10.1. The number of carbonyl (C=O) groups excluding carboxylic acids is 2. The number of unbranched alkanes of at least 4 members (excludes halogenated alkanes) is 9. The molecular weight excluding hydrogens is 244 g/mol. The number of hydrogen-bond acceptors (Lipinski definition) is 4. The third-order valence-electron chi connectivity index (χ3n) is 3.09. The molecule has 4 heteroatoms. The molecule has 0 unspecified atom stereocenters. The molecule has 0 aliphatic heterocycles. The van der Waals surface area contributed by atoms with E-state index in [2.05, 4.69) is 11.7 Å². The van der Waals surface area contributed by atoms with Crippen LogP contribution >= 0.6 is 0 Å². The fraction of sp³-hybridized carbons (Fsp3) is 0.867. The van der Waals surface area contributed by atoms with Gasteiger partial charge in [-0.25, -0.2) is 4.79 Å². The highest BCUT2D eigenvalue weighted by molar-refractivity contribution is 5.85. The molecule has 112 valence electrons. The Morgan fingerprint density at radius 1 is 0.789 bits per heavy atom. The third kappa shape index (κ3) is 13.3. The highest BCUT2D eigenvalue weighted by atomic mass is 16.6. The van der Waals surface area contributed by atoms with Gasteiger partial charge in [0, 0.05) is 6.42 Å². The van der Waals surface area contributed by atoms with Crippen LogP contribution < -0.4 is 0 Å². The zero-order valence-corrected chi connectivity index (χ0v) is 12.2. The summed E-state index contributed by atoms with van der Waals surface area (Å²) in [6.07, 6.45) is 12.3. The molecule has 0 aromatic carbocycles. The van der Waals surface area contributed by atoms with Crippen molar-refractivity contribution >= 4 is 11.9 Å². The Labute approximate surface area is 116 Å². The van der Waals surface area contributed by atoms with Gasteiger partial charge in [0.25, 0.3) is 0 Å².